The molecule has 0 saturated carbocycles. The molecule has 334 valence electrons. The first-order valence-corrected chi connectivity index (χ1v) is 20.6. The van der Waals surface area contributed by atoms with Crippen LogP contribution >= 0.6 is 0 Å². The lowest BCUT2D eigenvalue weighted by Crippen LogP contribution is -2.60. The van der Waals surface area contributed by atoms with E-state index in [0.717, 1.165) is 36.8 Å². The van der Waals surface area contributed by atoms with E-state index in [0.29, 0.717) is 46.2 Å². The molecule has 2 aliphatic heterocycles. The van der Waals surface area contributed by atoms with Crippen molar-refractivity contribution in [3.8, 4) is 33.8 Å². The number of unbranched alkanes of at least 4 members (excludes halogenated alkanes) is 3. The molecule has 0 amide bonds. The Kier molecular flexibility index (Phi) is 16.1. The Morgan fingerprint density at radius 2 is 0.887 bits per heavy atom. The largest absolute Gasteiger partial charge is 0.481 e. The third-order valence-electron chi connectivity index (χ3n) is 11.1. The molecule has 2 saturated heterocycles. The number of aliphatic hydroxyl groups excluding tert-OH is 8. The highest BCUT2D eigenvalue weighted by molar-refractivity contribution is 5.76. The molecule has 2 aliphatic rings. The number of carbonyl (C=O) groups is 2. The van der Waals surface area contributed by atoms with Crippen molar-refractivity contribution in [2.45, 2.75) is 113 Å². The Hall–Kier alpha value is -4.98. The number of aliphatic carboxylic acids is 2. The lowest BCUT2D eigenvalue weighted by Gasteiger charge is -2.39. The van der Waals surface area contributed by atoms with Gasteiger partial charge in [-0.15, -0.1) is 0 Å². The average molecular weight is 863 g/mol. The van der Waals surface area contributed by atoms with Crippen LogP contribution in [-0.2, 0) is 44.7 Å². The van der Waals surface area contributed by atoms with Crippen molar-refractivity contribution >= 4 is 11.9 Å². The highest BCUT2D eigenvalue weighted by Crippen LogP contribution is 2.37. The van der Waals surface area contributed by atoms with Crippen LogP contribution in [0.4, 0.5) is 0 Å². The van der Waals surface area contributed by atoms with Gasteiger partial charge in [-0.1, -0.05) is 73.5 Å². The summed E-state index contributed by atoms with van der Waals surface area (Å²) in [5.41, 5.74) is 5.56. The molecule has 0 spiro atoms. The van der Waals surface area contributed by atoms with Crippen LogP contribution in [0, 0.1) is 0 Å². The summed E-state index contributed by atoms with van der Waals surface area (Å²) >= 11 is 0. The molecule has 0 bridgehead atoms. The molecule has 62 heavy (non-hydrogen) atoms. The van der Waals surface area contributed by atoms with Crippen LogP contribution in [0.5, 0.6) is 11.5 Å². The van der Waals surface area contributed by atoms with Crippen molar-refractivity contribution < 1.29 is 79.6 Å². The van der Waals surface area contributed by atoms with Gasteiger partial charge >= 0.3 is 11.9 Å². The quantitative estimate of drug-likeness (QED) is 0.0604. The molecule has 6 rings (SSSR count). The minimum absolute atomic E-state index is 0.197. The molecule has 2 fully saturated rings. The predicted octanol–water partition coefficient (Wildman–Crippen LogP) is 1.98. The molecular weight excluding hydrogens is 808 g/mol. The maximum absolute atomic E-state index is 11.5. The van der Waals surface area contributed by atoms with E-state index in [9.17, 15) is 60.7 Å². The van der Waals surface area contributed by atoms with E-state index >= 15 is 0 Å². The Labute approximate surface area is 357 Å². The van der Waals surface area contributed by atoms with Gasteiger partial charge in [0.15, 0.2) is 0 Å². The minimum Gasteiger partial charge on any atom is -0.481 e. The van der Waals surface area contributed by atoms with Gasteiger partial charge in [0, 0.05) is 11.1 Å². The van der Waals surface area contributed by atoms with E-state index in [-0.39, 0.29) is 24.3 Å². The second kappa shape index (κ2) is 21.4. The van der Waals surface area contributed by atoms with Crippen molar-refractivity contribution in [3.05, 3.63) is 107 Å². The number of rotatable bonds is 19. The third-order valence-corrected chi connectivity index (χ3v) is 11.1. The summed E-state index contributed by atoms with van der Waals surface area (Å²) in [6, 6.07) is 24.9. The number of carboxylic acid groups (broad SMARTS) is 2. The molecular formula is C46H54O16. The third kappa shape index (κ3) is 11.5. The van der Waals surface area contributed by atoms with E-state index in [1.54, 1.807) is 60.7 Å². The molecule has 2 heterocycles. The standard InChI is InChI=1S/C46H54O16/c47-23-35-39(53)41(55)43(57)45(61-35)59-33-15-13-25(19-31(33)29-11-5-9-27(17-29)21-37(49)50)7-3-1-2-4-8-26-14-16-34(60-46-44(58)42(56)40(54)36(24-48)62-46)32(20-26)30-12-6-10-28(18-30)22-38(51)52/h5-6,9-20,35-36,39-48,53-58H,1-4,7-8,21-24H2,(H,49,50)(H,51,52)/t35-,36-,39+,40+,41+,42+,43+,44+,45?,46?/m1/s1. The van der Waals surface area contributed by atoms with Gasteiger partial charge in [-0.05, 0) is 83.3 Å². The van der Waals surface area contributed by atoms with Crippen LogP contribution in [0.2, 0.25) is 0 Å². The minimum atomic E-state index is -1.63. The molecule has 2 unspecified atom stereocenters. The summed E-state index contributed by atoms with van der Waals surface area (Å²) in [7, 11) is 0. The molecule has 16 heteroatoms. The zero-order valence-electron chi connectivity index (χ0n) is 33.8. The number of aliphatic hydroxyl groups is 8. The molecule has 0 radical (unpaired) electrons. The molecule has 4 aromatic rings. The lowest BCUT2D eigenvalue weighted by molar-refractivity contribution is -0.277. The Balaban J connectivity index is 1.13. The van der Waals surface area contributed by atoms with Crippen molar-refractivity contribution in [1.82, 2.24) is 0 Å². The molecule has 0 aromatic heterocycles. The van der Waals surface area contributed by atoms with Crippen LogP contribution in [0.1, 0.15) is 47.9 Å². The second-order valence-corrected chi connectivity index (χ2v) is 15.7. The topological polar surface area (TPSA) is 273 Å². The summed E-state index contributed by atoms with van der Waals surface area (Å²) in [5, 5.41) is 101. The Bertz CT molecular complexity index is 1970. The van der Waals surface area contributed by atoms with Gasteiger partial charge in [0.25, 0.3) is 0 Å². The number of benzene rings is 4. The number of hydrogen-bond acceptors (Lipinski definition) is 14. The van der Waals surface area contributed by atoms with E-state index in [1.807, 2.05) is 24.3 Å². The maximum Gasteiger partial charge on any atom is 0.307 e. The fraction of sp³-hybridized carbons (Fsp3) is 0.435. The number of aryl methyl sites for hydroxylation is 2. The van der Waals surface area contributed by atoms with E-state index in [1.165, 1.54) is 0 Å². The number of carboxylic acids is 2. The normalized spacial score (nSPS) is 26.2. The molecule has 10 atom stereocenters. The van der Waals surface area contributed by atoms with Crippen LogP contribution in [0.25, 0.3) is 22.3 Å². The first kappa shape index (κ1) is 46.5. The highest BCUT2D eigenvalue weighted by atomic mass is 16.7. The van der Waals surface area contributed by atoms with Gasteiger partial charge < -0.3 is 70.0 Å². The number of hydrogen-bond donors (Lipinski definition) is 10. The van der Waals surface area contributed by atoms with E-state index in [2.05, 4.69) is 0 Å². The van der Waals surface area contributed by atoms with Crippen LogP contribution < -0.4 is 9.47 Å². The van der Waals surface area contributed by atoms with Crippen LogP contribution in [0.3, 0.4) is 0 Å². The summed E-state index contributed by atoms with van der Waals surface area (Å²) in [6.45, 7) is -1.23. The molecule has 16 nitrogen and oxygen atoms in total. The fourth-order valence-corrected chi connectivity index (χ4v) is 7.76. The van der Waals surface area contributed by atoms with Crippen LogP contribution in [-0.4, -0.2) is 138 Å². The first-order valence-electron chi connectivity index (χ1n) is 20.6. The van der Waals surface area contributed by atoms with Crippen molar-refractivity contribution in [3.63, 3.8) is 0 Å². The van der Waals surface area contributed by atoms with E-state index in [4.69, 9.17) is 18.9 Å². The van der Waals surface area contributed by atoms with Gasteiger partial charge in [-0.2, -0.15) is 0 Å². The Morgan fingerprint density at radius 3 is 1.26 bits per heavy atom. The summed E-state index contributed by atoms with van der Waals surface area (Å²) in [6.07, 6.45) is -10.3. The fourth-order valence-electron chi connectivity index (χ4n) is 7.76. The zero-order valence-corrected chi connectivity index (χ0v) is 33.8. The Morgan fingerprint density at radius 1 is 0.484 bits per heavy atom. The summed E-state index contributed by atoms with van der Waals surface area (Å²) < 4.78 is 23.3. The SMILES string of the molecule is O=C(O)Cc1cccc(-c2cc(CCCCCCc3ccc(OC4O[C@H](CO)[C@H](O)[C@H](O)[C@@H]4O)c(-c4cccc(CC(=O)O)c4)c3)ccc2OC2O[C@H](CO)[C@H](O)[C@H](O)[C@@H]2O)c1. The van der Waals surface area contributed by atoms with Crippen molar-refractivity contribution in [2.75, 3.05) is 13.2 Å². The lowest BCUT2D eigenvalue weighted by atomic mass is 9.95. The second-order valence-electron chi connectivity index (χ2n) is 15.7. The monoisotopic (exact) mass is 862 g/mol. The highest BCUT2D eigenvalue weighted by Gasteiger charge is 2.46. The van der Waals surface area contributed by atoms with Crippen molar-refractivity contribution in [1.29, 1.82) is 0 Å². The van der Waals surface area contributed by atoms with E-state index < -0.39 is 86.6 Å². The van der Waals surface area contributed by atoms with Crippen molar-refractivity contribution in [2.24, 2.45) is 0 Å². The van der Waals surface area contributed by atoms with Gasteiger partial charge in [-0.25, -0.2) is 0 Å². The summed E-state index contributed by atoms with van der Waals surface area (Å²) in [4.78, 5) is 23.0. The smallest absolute Gasteiger partial charge is 0.307 e. The molecule has 4 aromatic carbocycles. The van der Waals surface area contributed by atoms with Crippen LogP contribution in [0.15, 0.2) is 84.9 Å². The van der Waals surface area contributed by atoms with Gasteiger partial charge in [-0.3, -0.25) is 9.59 Å². The predicted molar refractivity (Wildman–Crippen MR) is 221 cm³/mol. The average Bonchev–Trinajstić information content (AvgIpc) is 3.25. The maximum atomic E-state index is 11.5. The molecule has 0 aliphatic carbocycles. The summed E-state index contributed by atoms with van der Waals surface area (Å²) in [5.74, 6) is -1.42. The van der Waals surface area contributed by atoms with Gasteiger partial charge in [0.2, 0.25) is 12.6 Å². The first-order chi connectivity index (χ1) is 29.8. The van der Waals surface area contributed by atoms with Gasteiger partial charge in [0.05, 0.1) is 26.1 Å². The zero-order chi connectivity index (χ0) is 44.5. The number of ether oxygens (including phenoxy) is 4. The van der Waals surface area contributed by atoms with Gasteiger partial charge in [0.1, 0.15) is 60.3 Å². The molecule has 10 N–H and O–H groups in total.